The number of nitrogens with zero attached hydrogens (tertiary/aromatic N) is 2. The molecule has 1 aliphatic carbocycles. The topological polar surface area (TPSA) is 78.1 Å². The lowest BCUT2D eigenvalue weighted by atomic mass is 9.68. The van der Waals surface area contributed by atoms with Crippen LogP contribution in [0.25, 0.3) is 0 Å². The summed E-state index contributed by atoms with van der Waals surface area (Å²) in [6, 6.07) is 8.19. The first-order valence-electron chi connectivity index (χ1n) is 11.5. The quantitative estimate of drug-likeness (QED) is 0.420. The van der Waals surface area contributed by atoms with E-state index in [9.17, 15) is 27.2 Å². The minimum absolute atomic E-state index is 0.158. The third kappa shape index (κ3) is 4.22. The highest BCUT2D eigenvalue weighted by Crippen LogP contribution is 2.54. The molecule has 5 rings (SSSR count). The van der Waals surface area contributed by atoms with Gasteiger partial charge in [-0.3, -0.25) is 19.6 Å². The first-order chi connectivity index (χ1) is 17.5. The molecule has 3 aromatic rings. The van der Waals surface area contributed by atoms with Crippen molar-refractivity contribution in [2.75, 3.05) is 10.2 Å². The second-order valence-electron chi connectivity index (χ2n) is 9.56. The predicted molar refractivity (Wildman–Crippen MR) is 129 cm³/mol. The molecule has 6 nitrogen and oxygen atoms in total. The van der Waals surface area contributed by atoms with E-state index < -0.39 is 46.3 Å². The number of nitrogens with one attached hydrogen (secondary N) is 2. The first kappa shape index (κ1) is 24.5. The molecule has 2 N–H and O–H groups in total. The molecule has 190 valence electrons. The van der Waals surface area contributed by atoms with Crippen LogP contribution in [0.1, 0.15) is 41.3 Å². The van der Waals surface area contributed by atoms with Crippen molar-refractivity contribution < 1.29 is 27.2 Å². The molecule has 37 heavy (non-hydrogen) atoms. The Balaban J connectivity index is 1.55. The molecule has 1 aliphatic heterocycles. The Kier molecular flexibility index (Phi) is 5.77. The third-order valence-corrected chi connectivity index (χ3v) is 6.88. The summed E-state index contributed by atoms with van der Waals surface area (Å²) < 4.78 is 54.8. The molecule has 0 saturated carbocycles. The number of aromatic nitrogens is 2. The number of benzene rings is 2. The van der Waals surface area contributed by atoms with Crippen LogP contribution in [0.3, 0.4) is 0 Å². The number of alkyl halides is 3. The van der Waals surface area contributed by atoms with E-state index in [4.69, 9.17) is 0 Å². The molecule has 2 aromatic carbocycles. The second kappa shape index (κ2) is 8.72. The summed E-state index contributed by atoms with van der Waals surface area (Å²) in [7, 11) is 0. The fourth-order valence-corrected chi connectivity index (χ4v) is 5.12. The van der Waals surface area contributed by atoms with E-state index in [0.717, 1.165) is 18.2 Å². The largest absolute Gasteiger partial charge is 0.417 e. The normalized spacial score (nSPS) is 20.5. The van der Waals surface area contributed by atoms with Crippen LogP contribution in [0.15, 0.2) is 78.8 Å². The lowest BCUT2D eigenvalue weighted by Crippen LogP contribution is -2.32. The molecule has 2 aliphatic rings. The molecule has 1 aromatic heterocycles. The van der Waals surface area contributed by atoms with Crippen molar-refractivity contribution in [3.8, 4) is 0 Å². The molecule has 2 amide bonds. The minimum atomic E-state index is -4.78. The highest BCUT2D eigenvalue weighted by atomic mass is 19.4. The number of hydrogen-bond donors (Lipinski definition) is 2. The Morgan fingerprint density at radius 2 is 1.86 bits per heavy atom. The molecule has 1 fully saturated rings. The number of carbonyl (C=O) groups excluding carboxylic acids is 2. The Bertz CT molecular complexity index is 1420. The average Bonchev–Trinajstić information content (AvgIpc) is 3.45. The van der Waals surface area contributed by atoms with Gasteiger partial charge in [-0.15, -0.1) is 0 Å². The van der Waals surface area contributed by atoms with Gasteiger partial charge in [-0.1, -0.05) is 32.1 Å². The van der Waals surface area contributed by atoms with Crippen molar-refractivity contribution in [1.29, 1.82) is 0 Å². The summed E-state index contributed by atoms with van der Waals surface area (Å²) in [6.45, 7) is 3.60. The molecular formula is C27H22F4N4O2. The average molecular weight is 510 g/mol. The van der Waals surface area contributed by atoms with Crippen molar-refractivity contribution in [1.82, 2.24) is 10.2 Å². The number of rotatable bonds is 4. The summed E-state index contributed by atoms with van der Waals surface area (Å²) in [4.78, 5) is 28.0. The van der Waals surface area contributed by atoms with Gasteiger partial charge in [0.15, 0.2) is 0 Å². The molecule has 0 radical (unpaired) electrons. The van der Waals surface area contributed by atoms with Gasteiger partial charge < -0.3 is 5.32 Å². The van der Waals surface area contributed by atoms with Gasteiger partial charge in [-0.2, -0.15) is 18.3 Å². The summed E-state index contributed by atoms with van der Waals surface area (Å²) in [5.41, 5.74) is -0.669. The lowest BCUT2D eigenvalue weighted by molar-refractivity contribution is -0.137. The number of halogens is 4. The Hall–Kier alpha value is -4.21. The van der Waals surface area contributed by atoms with Gasteiger partial charge in [0.2, 0.25) is 5.91 Å². The van der Waals surface area contributed by atoms with Crippen molar-refractivity contribution in [3.05, 3.63) is 101 Å². The van der Waals surface area contributed by atoms with E-state index in [1.54, 1.807) is 31.0 Å². The summed E-state index contributed by atoms with van der Waals surface area (Å²) in [6.07, 6.45) is 3.75. The highest BCUT2D eigenvalue weighted by Gasteiger charge is 2.54. The third-order valence-electron chi connectivity index (χ3n) is 6.88. The smallest absolute Gasteiger partial charge is 0.322 e. The van der Waals surface area contributed by atoms with Crippen LogP contribution in [0, 0.1) is 17.2 Å². The molecule has 2 heterocycles. The number of allylic oxidation sites excluding steroid dienone is 4. The number of H-pyrrole nitrogens is 1. The van der Waals surface area contributed by atoms with Crippen LogP contribution >= 0.6 is 0 Å². The van der Waals surface area contributed by atoms with E-state index in [-0.39, 0.29) is 11.6 Å². The van der Waals surface area contributed by atoms with Gasteiger partial charge in [0.1, 0.15) is 5.82 Å². The summed E-state index contributed by atoms with van der Waals surface area (Å²) in [5, 5.41) is 9.04. The molecule has 10 heteroatoms. The SMILES string of the molecule is CC1(C)C(=O)N(c2cn[nH]c2)C2=CC=CC(c3ccc(C(F)(F)F)c(C(=O)Nc4ccc(F)cc4)c3)C21. The fourth-order valence-electron chi connectivity index (χ4n) is 5.12. The Labute approximate surface area is 209 Å². The van der Waals surface area contributed by atoms with Crippen LogP contribution in [-0.4, -0.2) is 22.0 Å². The van der Waals surface area contributed by atoms with E-state index in [0.29, 0.717) is 16.9 Å². The van der Waals surface area contributed by atoms with Crippen molar-refractivity contribution >= 4 is 23.2 Å². The van der Waals surface area contributed by atoms with Crippen LogP contribution in [0.2, 0.25) is 0 Å². The molecule has 0 bridgehead atoms. The van der Waals surface area contributed by atoms with Crippen LogP contribution in [-0.2, 0) is 11.0 Å². The van der Waals surface area contributed by atoms with Gasteiger partial charge in [0.05, 0.1) is 28.4 Å². The number of hydrogen-bond acceptors (Lipinski definition) is 3. The van der Waals surface area contributed by atoms with Crippen LogP contribution in [0.4, 0.5) is 28.9 Å². The van der Waals surface area contributed by atoms with Crippen LogP contribution < -0.4 is 10.2 Å². The van der Waals surface area contributed by atoms with Gasteiger partial charge in [-0.25, -0.2) is 4.39 Å². The molecular weight excluding hydrogens is 488 g/mol. The zero-order chi connectivity index (χ0) is 26.5. The van der Waals surface area contributed by atoms with Crippen molar-refractivity contribution in [2.24, 2.45) is 11.3 Å². The van der Waals surface area contributed by atoms with Gasteiger partial charge in [0, 0.05) is 29.4 Å². The van der Waals surface area contributed by atoms with Crippen LogP contribution in [0.5, 0.6) is 0 Å². The maximum absolute atomic E-state index is 13.9. The maximum Gasteiger partial charge on any atom is 0.417 e. The molecule has 0 spiro atoms. The second-order valence-corrected chi connectivity index (χ2v) is 9.56. The van der Waals surface area contributed by atoms with E-state index in [1.165, 1.54) is 30.5 Å². The standard InChI is InChI=1S/C27H22F4N4O2/c1-26(2)23-19(4-3-5-22(23)35(25(26)37)18-13-32-33-14-18)15-6-11-21(27(29,30)31)20(12-15)24(36)34-17-9-7-16(28)8-10-17/h3-14,19,23H,1-2H3,(H,32,33)(H,34,36). The van der Waals surface area contributed by atoms with Gasteiger partial charge in [-0.05, 0) is 48.0 Å². The number of fused-ring (bicyclic) bond motifs is 1. The number of carbonyl (C=O) groups is 2. The maximum atomic E-state index is 13.9. The van der Waals surface area contributed by atoms with Gasteiger partial charge >= 0.3 is 6.18 Å². The van der Waals surface area contributed by atoms with E-state index >= 15 is 0 Å². The van der Waals surface area contributed by atoms with Crippen molar-refractivity contribution in [3.63, 3.8) is 0 Å². The van der Waals surface area contributed by atoms with Crippen molar-refractivity contribution in [2.45, 2.75) is 25.9 Å². The minimum Gasteiger partial charge on any atom is -0.322 e. The summed E-state index contributed by atoms with van der Waals surface area (Å²) in [5.74, 6) is -2.56. The zero-order valence-corrected chi connectivity index (χ0v) is 19.8. The van der Waals surface area contributed by atoms with Gasteiger partial charge in [0.25, 0.3) is 5.91 Å². The predicted octanol–water partition coefficient (Wildman–Crippen LogP) is 6.05. The fraction of sp³-hybridized carbons (Fsp3) is 0.222. The Morgan fingerprint density at radius 1 is 1.14 bits per heavy atom. The number of anilines is 2. The number of amides is 2. The highest BCUT2D eigenvalue weighted by molar-refractivity contribution is 6.06. The Morgan fingerprint density at radius 3 is 2.51 bits per heavy atom. The number of aromatic amines is 1. The first-order valence-corrected chi connectivity index (χ1v) is 11.5. The van der Waals surface area contributed by atoms with E-state index in [1.807, 2.05) is 12.2 Å². The monoisotopic (exact) mass is 510 g/mol. The summed E-state index contributed by atoms with van der Waals surface area (Å²) >= 11 is 0. The van der Waals surface area contributed by atoms with E-state index in [2.05, 4.69) is 15.5 Å². The molecule has 2 unspecified atom stereocenters. The zero-order valence-electron chi connectivity index (χ0n) is 19.8. The molecule has 1 saturated heterocycles. The molecule has 2 atom stereocenters. The lowest BCUT2D eigenvalue weighted by Gasteiger charge is -2.32.